The van der Waals surface area contributed by atoms with Gasteiger partial charge in [0.1, 0.15) is 4.33 Å². The first kappa shape index (κ1) is 26.4. The number of hydrogen-bond acceptors (Lipinski definition) is 3. The molecule has 0 aliphatic heterocycles. The van der Waals surface area contributed by atoms with Gasteiger partial charge in [-0.15, -0.1) is 23.2 Å². The van der Waals surface area contributed by atoms with Crippen LogP contribution in [-0.2, 0) is 11.2 Å². The molecular formula is C25H18Cl6N2O2. The number of hydrogen-bond donors (Lipinski definition) is 2. The molecule has 0 bridgehead atoms. The van der Waals surface area contributed by atoms with Crippen LogP contribution < -0.4 is 10.6 Å². The zero-order valence-corrected chi connectivity index (χ0v) is 22.7. The molecule has 1 aliphatic rings. The normalized spacial score (nSPS) is 18.1. The van der Waals surface area contributed by atoms with E-state index in [2.05, 4.69) is 10.6 Å². The molecule has 2 unspecified atom stereocenters. The first-order valence-corrected chi connectivity index (χ1v) is 12.7. The number of carbonyl (C=O) groups is 2. The average molecular weight is 591 g/mol. The highest BCUT2D eigenvalue weighted by Crippen LogP contribution is 2.65. The Morgan fingerprint density at radius 3 is 2.11 bits per heavy atom. The Morgan fingerprint density at radius 1 is 0.886 bits per heavy atom. The summed E-state index contributed by atoms with van der Waals surface area (Å²) >= 11 is 37.7. The van der Waals surface area contributed by atoms with Crippen LogP contribution in [0.15, 0.2) is 54.6 Å². The average Bonchev–Trinajstić information content (AvgIpc) is 3.37. The zero-order valence-electron chi connectivity index (χ0n) is 18.1. The Kier molecular flexibility index (Phi) is 7.82. The highest BCUT2D eigenvalue weighted by atomic mass is 35.5. The van der Waals surface area contributed by atoms with E-state index >= 15 is 0 Å². The van der Waals surface area contributed by atoms with E-state index in [1.165, 1.54) is 12.1 Å². The number of Topliss-reactive ketones (excluding diaryl/α,β-unsaturated/α-hetero) is 1. The van der Waals surface area contributed by atoms with Gasteiger partial charge in [0.2, 0.25) is 5.91 Å². The fourth-order valence-electron chi connectivity index (χ4n) is 3.96. The van der Waals surface area contributed by atoms with Crippen molar-refractivity contribution >= 4 is 92.7 Å². The van der Waals surface area contributed by atoms with Gasteiger partial charge in [0.15, 0.2) is 5.78 Å². The van der Waals surface area contributed by atoms with Crippen LogP contribution in [0.25, 0.3) is 0 Å². The van der Waals surface area contributed by atoms with Crippen LogP contribution >= 0.6 is 69.6 Å². The molecule has 0 spiro atoms. The predicted molar refractivity (Wildman–Crippen MR) is 146 cm³/mol. The summed E-state index contributed by atoms with van der Waals surface area (Å²) in [4.78, 5) is 26.1. The lowest BCUT2D eigenvalue weighted by Gasteiger charge is -2.12. The monoisotopic (exact) mass is 588 g/mol. The maximum absolute atomic E-state index is 13.1. The second-order valence-corrected chi connectivity index (χ2v) is 11.3. The van der Waals surface area contributed by atoms with Crippen LogP contribution in [-0.4, -0.2) is 23.1 Å². The summed E-state index contributed by atoms with van der Waals surface area (Å²) in [5.41, 5.74) is 2.87. The predicted octanol–water partition coefficient (Wildman–Crippen LogP) is 8.29. The number of nitrogens with one attached hydrogen (secondary N) is 2. The van der Waals surface area contributed by atoms with Gasteiger partial charge in [0.05, 0.1) is 21.7 Å². The molecule has 10 heteroatoms. The summed E-state index contributed by atoms with van der Waals surface area (Å²) in [6.07, 6.45) is 0.130. The lowest BCUT2D eigenvalue weighted by atomic mass is 10.0. The van der Waals surface area contributed by atoms with Crippen molar-refractivity contribution in [2.75, 3.05) is 17.7 Å². The fourth-order valence-corrected chi connectivity index (χ4v) is 5.87. The quantitative estimate of drug-likeness (QED) is 0.215. The smallest absolute Gasteiger partial charge is 0.231 e. The number of benzene rings is 3. The van der Waals surface area contributed by atoms with E-state index < -0.39 is 22.1 Å². The topological polar surface area (TPSA) is 58.2 Å². The number of alkyl halides is 2. The highest BCUT2D eigenvalue weighted by molar-refractivity contribution is 6.53. The van der Waals surface area contributed by atoms with Crippen LogP contribution in [0.5, 0.6) is 0 Å². The maximum Gasteiger partial charge on any atom is 0.231 e. The minimum atomic E-state index is -1.35. The Hall–Kier alpha value is -1.66. The van der Waals surface area contributed by atoms with Gasteiger partial charge in [-0.1, -0.05) is 58.5 Å². The van der Waals surface area contributed by atoms with Crippen molar-refractivity contribution in [2.45, 2.75) is 16.7 Å². The molecule has 4 nitrogen and oxygen atoms in total. The van der Waals surface area contributed by atoms with Crippen molar-refractivity contribution in [2.24, 2.45) is 5.92 Å². The largest absolute Gasteiger partial charge is 0.388 e. The molecule has 182 valence electrons. The van der Waals surface area contributed by atoms with Gasteiger partial charge in [-0.05, 0) is 53.6 Å². The minimum absolute atomic E-state index is 0.130. The summed E-state index contributed by atoms with van der Waals surface area (Å²) in [5, 5.41) is 6.94. The van der Waals surface area contributed by atoms with Crippen molar-refractivity contribution in [3.63, 3.8) is 0 Å². The van der Waals surface area contributed by atoms with E-state index in [0.29, 0.717) is 15.6 Å². The molecular weight excluding hydrogens is 573 g/mol. The van der Waals surface area contributed by atoms with E-state index in [1.54, 1.807) is 18.2 Å². The molecule has 1 amide bonds. The van der Waals surface area contributed by atoms with Crippen molar-refractivity contribution < 1.29 is 9.59 Å². The van der Waals surface area contributed by atoms with Gasteiger partial charge < -0.3 is 10.6 Å². The first-order chi connectivity index (χ1) is 16.5. The van der Waals surface area contributed by atoms with Crippen LogP contribution in [0.3, 0.4) is 0 Å². The van der Waals surface area contributed by atoms with Crippen LogP contribution in [0, 0.1) is 5.92 Å². The molecule has 0 radical (unpaired) electrons. The van der Waals surface area contributed by atoms with E-state index in [4.69, 9.17) is 69.6 Å². The van der Waals surface area contributed by atoms with Crippen molar-refractivity contribution in [1.82, 2.24) is 0 Å². The lowest BCUT2D eigenvalue weighted by Crippen LogP contribution is -2.18. The van der Waals surface area contributed by atoms with Gasteiger partial charge in [-0.3, -0.25) is 9.59 Å². The lowest BCUT2D eigenvalue weighted by molar-refractivity contribution is -0.117. The van der Waals surface area contributed by atoms with Crippen molar-refractivity contribution in [3.8, 4) is 0 Å². The minimum Gasteiger partial charge on any atom is -0.388 e. The summed E-state index contributed by atoms with van der Waals surface area (Å²) in [6, 6.07) is 15.3. The molecule has 0 aromatic heterocycles. The van der Waals surface area contributed by atoms with E-state index in [9.17, 15) is 9.59 Å². The third-order valence-corrected chi connectivity index (χ3v) is 7.80. The molecule has 0 heterocycles. The van der Waals surface area contributed by atoms with Gasteiger partial charge in [0, 0.05) is 40.7 Å². The highest BCUT2D eigenvalue weighted by Gasteiger charge is 2.67. The number of ketones is 1. The molecule has 1 aliphatic carbocycles. The van der Waals surface area contributed by atoms with E-state index in [0.717, 1.165) is 11.3 Å². The number of amides is 1. The van der Waals surface area contributed by atoms with Crippen molar-refractivity contribution in [3.05, 3.63) is 91.4 Å². The molecule has 0 saturated heterocycles. The van der Waals surface area contributed by atoms with Gasteiger partial charge >= 0.3 is 0 Å². The SMILES string of the molecule is CNc1ccc(CC(=O)c2cc(NC(=O)C3C(c4cc(Cl)cc(Cl)c4)C3(Cl)Cl)c(Cl)cc2Cl)cc1. The Bertz CT molecular complexity index is 1290. The fraction of sp³-hybridized carbons (Fsp3) is 0.200. The number of rotatable bonds is 7. The molecule has 2 N–H and O–H groups in total. The molecule has 3 aromatic rings. The third-order valence-electron chi connectivity index (χ3n) is 5.80. The Balaban J connectivity index is 1.53. The maximum atomic E-state index is 13.1. The standard InChI is InChI=1S/C25H18Cl6N2O2/c1-32-16-4-2-12(3-5-16)6-21(34)17-10-20(19(29)11-18(17)28)33-24(35)23-22(25(23,30)31)13-7-14(26)9-15(27)8-13/h2-5,7-11,22-23,32H,6H2,1H3,(H,33,35). The second kappa shape index (κ2) is 10.4. The Morgan fingerprint density at radius 2 is 1.51 bits per heavy atom. The summed E-state index contributed by atoms with van der Waals surface area (Å²) in [7, 11) is 1.82. The van der Waals surface area contributed by atoms with Crippen LogP contribution in [0.4, 0.5) is 11.4 Å². The van der Waals surface area contributed by atoms with Crippen LogP contribution in [0.2, 0.25) is 20.1 Å². The summed E-state index contributed by atoms with van der Waals surface area (Å²) in [5.74, 6) is -1.98. The second-order valence-electron chi connectivity index (χ2n) is 8.18. The Labute approximate surface area is 232 Å². The zero-order chi connectivity index (χ0) is 25.5. The van der Waals surface area contributed by atoms with E-state index in [-0.39, 0.29) is 33.5 Å². The first-order valence-electron chi connectivity index (χ1n) is 10.4. The van der Waals surface area contributed by atoms with Gasteiger partial charge in [-0.25, -0.2) is 0 Å². The molecule has 2 atom stereocenters. The third kappa shape index (κ3) is 5.69. The summed E-state index contributed by atoms with van der Waals surface area (Å²) < 4.78 is -1.35. The number of carbonyl (C=O) groups excluding carboxylic acids is 2. The molecule has 35 heavy (non-hydrogen) atoms. The molecule has 1 fully saturated rings. The van der Waals surface area contributed by atoms with E-state index in [1.807, 2.05) is 31.3 Å². The number of anilines is 2. The van der Waals surface area contributed by atoms with Gasteiger partial charge in [0.25, 0.3) is 0 Å². The molecule has 1 saturated carbocycles. The molecule has 4 rings (SSSR count). The van der Waals surface area contributed by atoms with Crippen molar-refractivity contribution in [1.29, 1.82) is 0 Å². The van der Waals surface area contributed by atoms with Crippen LogP contribution in [0.1, 0.15) is 27.4 Å². The van der Waals surface area contributed by atoms with Gasteiger partial charge in [-0.2, -0.15) is 0 Å². The summed E-state index contributed by atoms with van der Waals surface area (Å²) in [6.45, 7) is 0. The molecule has 3 aromatic carbocycles. The number of halogens is 6.